The lowest BCUT2D eigenvalue weighted by Gasteiger charge is -2.29. The summed E-state index contributed by atoms with van der Waals surface area (Å²) in [7, 11) is -2.52. The molecule has 5 nitrogen and oxygen atoms in total. The Morgan fingerprint density at radius 3 is 2.14 bits per heavy atom. The van der Waals surface area contributed by atoms with Crippen LogP contribution in [0.1, 0.15) is 27.7 Å². The monoisotopic (exact) mass is 353 g/mol. The van der Waals surface area contributed by atoms with Crippen LogP contribution in [0, 0.1) is 11.3 Å². The molecule has 0 saturated heterocycles. The fraction of sp³-hybridized carbons (Fsp3) is 0.538. The Balaban J connectivity index is 3.05. The number of hydrogen-bond acceptors (Lipinski definition) is 4. The van der Waals surface area contributed by atoms with Gasteiger partial charge in [-0.05, 0) is 29.5 Å². The van der Waals surface area contributed by atoms with Crippen molar-refractivity contribution in [2.75, 3.05) is 6.54 Å². The third-order valence-corrected chi connectivity index (χ3v) is 6.43. The summed E-state index contributed by atoms with van der Waals surface area (Å²) < 4.78 is 49.5. The predicted molar refractivity (Wildman–Crippen MR) is 83.3 cm³/mol. The summed E-state index contributed by atoms with van der Waals surface area (Å²) in [6.07, 6.45) is 0. The van der Waals surface area contributed by atoms with Crippen LogP contribution >= 0.6 is 10.7 Å². The van der Waals surface area contributed by atoms with Crippen LogP contribution < -0.4 is 4.72 Å². The fourth-order valence-electron chi connectivity index (χ4n) is 1.36. The van der Waals surface area contributed by atoms with Gasteiger partial charge in [0.15, 0.2) is 0 Å². The third-order valence-electron chi connectivity index (χ3n) is 3.68. The maximum Gasteiger partial charge on any atom is 0.261 e. The molecule has 0 saturated carbocycles. The van der Waals surface area contributed by atoms with Crippen LogP contribution in [-0.4, -0.2) is 23.4 Å². The first-order valence-corrected chi connectivity index (χ1v) is 10.2. The van der Waals surface area contributed by atoms with Crippen molar-refractivity contribution in [1.29, 1.82) is 0 Å². The van der Waals surface area contributed by atoms with Crippen molar-refractivity contribution in [2.24, 2.45) is 11.3 Å². The summed E-state index contributed by atoms with van der Waals surface area (Å²) in [6, 6.07) is 4.97. The highest BCUT2D eigenvalue weighted by atomic mass is 35.7. The van der Waals surface area contributed by atoms with E-state index < -0.39 is 19.1 Å². The number of benzene rings is 1. The zero-order valence-corrected chi connectivity index (χ0v) is 14.8. The molecule has 0 unspecified atom stereocenters. The van der Waals surface area contributed by atoms with Gasteiger partial charge in [0, 0.05) is 17.2 Å². The number of sulfonamides is 1. The molecular formula is C13H20ClNO4S2. The molecule has 0 aliphatic rings. The van der Waals surface area contributed by atoms with Crippen molar-refractivity contribution < 1.29 is 16.8 Å². The molecule has 0 amide bonds. The predicted octanol–water partition coefficient (Wildman–Crippen LogP) is 2.57. The van der Waals surface area contributed by atoms with Crippen molar-refractivity contribution >= 4 is 29.8 Å². The van der Waals surface area contributed by atoms with Gasteiger partial charge in [0.2, 0.25) is 10.0 Å². The van der Waals surface area contributed by atoms with Gasteiger partial charge in [-0.25, -0.2) is 21.6 Å². The minimum Gasteiger partial charge on any atom is -0.211 e. The van der Waals surface area contributed by atoms with E-state index in [1.807, 2.05) is 27.7 Å². The van der Waals surface area contributed by atoms with Crippen LogP contribution in [0.15, 0.2) is 34.1 Å². The molecule has 0 radical (unpaired) electrons. The second kappa shape index (κ2) is 6.24. The molecule has 0 heterocycles. The maximum absolute atomic E-state index is 12.2. The smallest absolute Gasteiger partial charge is 0.211 e. The molecule has 0 aromatic heterocycles. The van der Waals surface area contributed by atoms with E-state index in [0.29, 0.717) is 0 Å². The van der Waals surface area contributed by atoms with E-state index in [4.69, 9.17) is 10.7 Å². The van der Waals surface area contributed by atoms with Crippen LogP contribution in [0.5, 0.6) is 0 Å². The number of halogens is 1. The van der Waals surface area contributed by atoms with Crippen molar-refractivity contribution in [2.45, 2.75) is 37.5 Å². The number of nitrogens with one attached hydrogen (secondary N) is 1. The summed E-state index contributed by atoms with van der Waals surface area (Å²) >= 11 is 0. The van der Waals surface area contributed by atoms with E-state index in [1.165, 1.54) is 18.2 Å². The molecule has 0 fully saturated rings. The summed E-state index contributed by atoms with van der Waals surface area (Å²) in [4.78, 5) is -0.362. The molecule has 0 aliphatic heterocycles. The lowest BCUT2D eigenvalue weighted by atomic mass is 9.81. The zero-order chi connectivity index (χ0) is 16.5. The average molecular weight is 354 g/mol. The first-order valence-electron chi connectivity index (χ1n) is 6.41. The fourth-order valence-corrected chi connectivity index (χ4v) is 3.50. The number of rotatable bonds is 6. The number of hydrogen-bond donors (Lipinski definition) is 1. The highest BCUT2D eigenvalue weighted by molar-refractivity contribution is 8.13. The Bertz CT molecular complexity index is 709. The van der Waals surface area contributed by atoms with E-state index in [2.05, 4.69) is 4.72 Å². The Kier molecular flexibility index (Phi) is 5.47. The molecule has 0 spiro atoms. The highest BCUT2D eigenvalue weighted by Gasteiger charge is 2.26. The van der Waals surface area contributed by atoms with Gasteiger partial charge in [-0.2, -0.15) is 0 Å². The van der Waals surface area contributed by atoms with E-state index >= 15 is 0 Å². The lowest BCUT2D eigenvalue weighted by molar-refractivity contribution is 0.252. The summed E-state index contributed by atoms with van der Waals surface area (Å²) in [5, 5.41) is 0. The standard InChI is InChI=1S/C13H20ClNO4S2/c1-10(2)13(3,4)9-15-21(18,19)12-7-5-6-11(8-12)20(14,16)17/h5-8,10,15H,9H2,1-4H3. The van der Waals surface area contributed by atoms with Gasteiger partial charge in [0.05, 0.1) is 9.79 Å². The van der Waals surface area contributed by atoms with Gasteiger partial charge >= 0.3 is 0 Å². The quantitative estimate of drug-likeness (QED) is 0.797. The minimum absolute atomic E-state index is 0.121. The van der Waals surface area contributed by atoms with Crippen molar-refractivity contribution in [1.82, 2.24) is 4.72 Å². The van der Waals surface area contributed by atoms with Crippen molar-refractivity contribution in [3.05, 3.63) is 24.3 Å². The lowest BCUT2D eigenvalue weighted by Crippen LogP contribution is -2.36. The first-order chi connectivity index (χ1) is 9.36. The molecule has 0 atom stereocenters. The molecule has 21 heavy (non-hydrogen) atoms. The van der Waals surface area contributed by atoms with E-state index in [-0.39, 0.29) is 27.7 Å². The molecule has 0 aliphatic carbocycles. The van der Waals surface area contributed by atoms with Gasteiger partial charge in [0.1, 0.15) is 0 Å². The van der Waals surface area contributed by atoms with Crippen LogP contribution in [0.25, 0.3) is 0 Å². The summed E-state index contributed by atoms with van der Waals surface area (Å²) in [6.45, 7) is 8.19. The van der Waals surface area contributed by atoms with Crippen molar-refractivity contribution in [3.8, 4) is 0 Å². The van der Waals surface area contributed by atoms with Gasteiger partial charge < -0.3 is 0 Å². The summed E-state index contributed by atoms with van der Waals surface area (Å²) in [5.41, 5.74) is -0.219. The highest BCUT2D eigenvalue weighted by Crippen LogP contribution is 2.26. The van der Waals surface area contributed by atoms with Crippen LogP contribution in [0.4, 0.5) is 0 Å². The largest absolute Gasteiger partial charge is 0.261 e. The topological polar surface area (TPSA) is 80.3 Å². The molecule has 1 aromatic carbocycles. The molecular weight excluding hydrogens is 334 g/mol. The molecule has 120 valence electrons. The molecule has 1 rings (SSSR count). The average Bonchev–Trinajstić information content (AvgIpc) is 2.36. The third kappa shape index (κ3) is 4.95. The van der Waals surface area contributed by atoms with Gasteiger partial charge in [-0.3, -0.25) is 0 Å². The SMILES string of the molecule is CC(C)C(C)(C)CNS(=O)(=O)c1cccc(S(=O)(=O)Cl)c1. The normalized spacial score (nSPS) is 13.6. The van der Waals surface area contributed by atoms with Gasteiger partial charge in [-0.1, -0.05) is 33.8 Å². The van der Waals surface area contributed by atoms with E-state index in [1.54, 1.807) is 0 Å². The minimum atomic E-state index is -3.96. The van der Waals surface area contributed by atoms with E-state index in [9.17, 15) is 16.8 Å². The zero-order valence-electron chi connectivity index (χ0n) is 12.4. The van der Waals surface area contributed by atoms with Gasteiger partial charge in [-0.15, -0.1) is 0 Å². The Morgan fingerprint density at radius 2 is 1.67 bits per heavy atom. The first kappa shape index (κ1) is 18.4. The van der Waals surface area contributed by atoms with Gasteiger partial charge in [0.25, 0.3) is 9.05 Å². The maximum atomic E-state index is 12.2. The Morgan fingerprint density at radius 1 is 1.14 bits per heavy atom. The second-order valence-corrected chi connectivity index (χ2v) is 10.2. The van der Waals surface area contributed by atoms with Crippen LogP contribution in [-0.2, 0) is 19.1 Å². The van der Waals surface area contributed by atoms with E-state index in [0.717, 1.165) is 6.07 Å². The summed E-state index contributed by atoms with van der Waals surface area (Å²) in [5.74, 6) is 0.287. The molecule has 0 bridgehead atoms. The molecule has 1 aromatic rings. The second-order valence-electron chi connectivity index (χ2n) is 5.88. The van der Waals surface area contributed by atoms with Crippen LogP contribution in [0.2, 0.25) is 0 Å². The molecule has 8 heteroatoms. The van der Waals surface area contributed by atoms with Crippen LogP contribution in [0.3, 0.4) is 0 Å². The molecule has 1 N–H and O–H groups in total. The Labute approximate surface area is 131 Å². The van der Waals surface area contributed by atoms with Crippen molar-refractivity contribution in [3.63, 3.8) is 0 Å². The Hall–Kier alpha value is -0.630.